The molecule has 0 fully saturated rings. The molecule has 2 aromatic carbocycles. The summed E-state index contributed by atoms with van der Waals surface area (Å²) in [6.07, 6.45) is 0.975. The molecule has 0 aliphatic heterocycles. The van der Waals surface area contributed by atoms with Gasteiger partial charge in [0, 0.05) is 12.2 Å². The molecule has 0 aliphatic rings. The largest absolute Gasteiger partial charge is 0.362 e. The van der Waals surface area contributed by atoms with Crippen LogP contribution in [-0.4, -0.2) is 11.7 Å². The van der Waals surface area contributed by atoms with Crippen LogP contribution in [0, 0.1) is 13.8 Å². The highest BCUT2D eigenvalue weighted by atomic mass is 32.1. The SMILES string of the molecule is Cc1cccc(NC(=S)NCCc2ccccc2C)c1. The summed E-state index contributed by atoms with van der Waals surface area (Å²) in [6.45, 7) is 5.04. The lowest BCUT2D eigenvalue weighted by atomic mass is 10.1. The van der Waals surface area contributed by atoms with Crippen molar-refractivity contribution in [1.29, 1.82) is 0 Å². The minimum atomic E-state index is 0.671. The van der Waals surface area contributed by atoms with Crippen molar-refractivity contribution in [3.8, 4) is 0 Å². The first kappa shape index (κ1) is 14.5. The van der Waals surface area contributed by atoms with Gasteiger partial charge in [-0.3, -0.25) is 0 Å². The average molecular weight is 284 g/mol. The predicted octanol–water partition coefficient (Wildman–Crippen LogP) is 3.83. The van der Waals surface area contributed by atoms with E-state index >= 15 is 0 Å². The summed E-state index contributed by atoms with van der Waals surface area (Å²) in [6, 6.07) is 16.6. The standard InChI is InChI=1S/C17H20N2S/c1-13-6-5-9-16(12-13)19-17(20)18-11-10-15-8-4-3-7-14(15)2/h3-9,12H,10-11H2,1-2H3,(H2,18,19,20). The van der Waals surface area contributed by atoms with Crippen LogP contribution in [0.4, 0.5) is 5.69 Å². The Bertz CT molecular complexity index is 593. The lowest BCUT2D eigenvalue weighted by molar-refractivity contribution is 0.868. The topological polar surface area (TPSA) is 24.1 Å². The molecule has 0 bridgehead atoms. The molecule has 0 heterocycles. The van der Waals surface area contributed by atoms with Gasteiger partial charge in [-0.15, -0.1) is 0 Å². The molecule has 0 aromatic heterocycles. The second-order valence-electron chi connectivity index (χ2n) is 4.93. The molecule has 2 aromatic rings. The van der Waals surface area contributed by atoms with Gasteiger partial charge in [-0.1, -0.05) is 36.4 Å². The molecule has 0 spiro atoms. The minimum absolute atomic E-state index is 0.671. The molecular weight excluding hydrogens is 264 g/mol. The fourth-order valence-electron chi connectivity index (χ4n) is 2.10. The van der Waals surface area contributed by atoms with Gasteiger partial charge in [0.15, 0.2) is 5.11 Å². The number of hydrogen-bond acceptors (Lipinski definition) is 1. The number of anilines is 1. The van der Waals surface area contributed by atoms with Crippen LogP contribution >= 0.6 is 12.2 Å². The molecule has 0 unspecified atom stereocenters. The quantitative estimate of drug-likeness (QED) is 0.834. The number of nitrogens with one attached hydrogen (secondary N) is 2. The highest BCUT2D eigenvalue weighted by Gasteiger charge is 1.99. The van der Waals surface area contributed by atoms with Crippen molar-refractivity contribution in [2.24, 2.45) is 0 Å². The van der Waals surface area contributed by atoms with E-state index in [1.807, 2.05) is 12.1 Å². The second-order valence-corrected chi connectivity index (χ2v) is 5.34. The van der Waals surface area contributed by atoms with Crippen molar-refractivity contribution >= 4 is 23.0 Å². The molecule has 2 rings (SSSR count). The van der Waals surface area contributed by atoms with Gasteiger partial charge < -0.3 is 10.6 Å². The first-order chi connectivity index (χ1) is 9.65. The van der Waals surface area contributed by atoms with E-state index in [2.05, 4.69) is 60.9 Å². The van der Waals surface area contributed by atoms with Crippen molar-refractivity contribution in [3.63, 3.8) is 0 Å². The summed E-state index contributed by atoms with van der Waals surface area (Å²) in [5.41, 5.74) is 4.93. The summed E-state index contributed by atoms with van der Waals surface area (Å²) in [7, 11) is 0. The first-order valence-corrected chi connectivity index (χ1v) is 7.22. The zero-order valence-electron chi connectivity index (χ0n) is 11.9. The second kappa shape index (κ2) is 7.06. The van der Waals surface area contributed by atoms with E-state index in [0.29, 0.717) is 5.11 Å². The summed E-state index contributed by atoms with van der Waals surface area (Å²) < 4.78 is 0. The Balaban J connectivity index is 1.80. The molecule has 20 heavy (non-hydrogen) atoms. The fraction of sp³-hybridized carbons (Fsp3) is 0.235. The van der Waals surface area contributed by atoms with Crippen LogP contribution in [0.25, 0.3) is 0 Å². The van der Waals surface area contributed by atoms with Gasteiger partial charge in [0.1, 0.15) is 0 Å². The van der Waals surface area contributed by atoms with Crippen molar-refractivity contribution in [2.75, 3.05) is 11.9 Å². The number of hydrogen-bond donors (Lipinski definition) is 2. The predicted molar refractivity (Wildman–Crippen MR) is 90.3 cm³/mol. The maximum atomic E-state index is 5.31. The summed E-state index contributed by atoms with van der Waals surface area (Å²) in [4.78, 5) is 0. The van der Waals surface area contributed by atoms with Crippen molar-refractivity contribution in [1.82, 2.24) is 5.32 Å². The van der Waals surface area contributed by atoms with Crippen molar-refractivity contribution in [3.05, 3.63) is 65.2 Å². The molecule has 2 N–H and O–H groups in total. The lowest BCUT2D eigenvalue weighted by Gasteiger charge is -2.11. The Labute approximate surface area is 126 Å². The third-order valence-electron chi connectivity index (χ3n) is 3.22. The Hall–Kier alpha value is -1.87. The van der Waals surface area contributed by atoms with Crippen LogP contribution < -0.4 is 10.6 Å². The first-order valence-electron chi connectivity index (χ1n) is 6.81. The highest BCUT2D eigenvalue weighted by Crippen LogP contribution is 2.09. The van der Waals surface area contributed by atoms with Crippen LogP contribution in [0.1, 0.15) is 16.7 Å². The van der Waals surface area contributed by atoms with E-state index in [-0.39, 0.29) is 0 Å². The van der Waals surface area contributed by atoms with E-state index in [9.17, 15) is 0 Å². The summed E-state index contributed by atoms with van der Waals surface area (Å²) in [5, 5.41) is 7.12. The highest BCUT2D eigenvalue weighted by molar-refractivity contribution is 7.80. The lowest BCUT2D eigenvalue weighted by Crippen LogP contribution is -2.30. The van der Waals surface area contributed by atoms with Gasteiger partial charge in [-0.05, 0) is 61.3 Å². The number of thiocarbonyl (C=S) groups is 1. The molecular formula is C17H20N2S. The smallest absolute Gasteiger partial charge is 0.170 e. The Morgan fingerprint density at radius 1 is 1.05 bits per heavy atom. The average Bonchev–Trinajstić information content (AvgIpc) is 2.41. The third-order valence-corrected chi connectivity index (χ3v) is 3.46. The Kier molecular flexibility index (Phi) is 5.13. The monoisotopic (exact) mass is 284 g/mol. The van der Waals surface area contributed by atoms with Crippen LogP contribution in [0.5, 0.6) is 0 Å². The number of rotatable bonds is 4. The Morgan fingerprint density at radius 2 is 1.85 bits per heavy atom. The van der Waals surface area contributed by atoms with E-state index in [1.165, 1.54) is 16.7 Å². The van der Waals surface area contributed by atoms with Gasteiger partial charge >= 0.3 is 0 Å². The van der Waals surface area contributed by atoms with Gasteiger partial charge in [0.25, 0.3) is 0 Å². The molecule has 0 radical (unpaired) electrons. The van der Waals surface area contributed by atoms with Crippen LogP contribution in [0.15, 0.2) is 48.5 Å². The minimum Gasteiger partial charge on any atom is -0.362 e. The van der Waals surface area contributed by atoms with Crippen LogP contribution in [0.3, 0.4) is 0 Å². The summed E-state index contributed by atoms with van der Waals surface area (Å²) in [5.74, 6) is 0. The third kappa shape index (κ3) is 4.35. The van der Waals surface area contributed by atoms with Gasteiger partial charge in [0.2, 0.25) is 0 Å². The molecule has 0 atom stereocenters. The normalized spacial score (nSPS) is 10.1. The zero-order chi connectivity index (χ0) is 14.4. The fourth-order valence-corrected chi connectivity index (χ4v) is 2.32. The summed E-state index contributed by atoms with van der Waals surface area (Å²) >= 11 is 5.31. The molecule has 2 nitrogen and oxygen atoms in total. The number of aryl methyl sites for hydroxylation is 2. The molecule has 3 heteroatoms. The van der Waals surface area contributed by atoms with Crippen LogP contribution in [-0.2, 0) is 6.42 Å². The van der Waals surface area contributed by atoms with Gasteiger partial charge in [0.05, 0.1) is 0 Å². The van der Waals surface area contributed by atoms with Gasteiger partial charge in [-0.2, -0.15) is 0 Å². The van der Waals surface area contributed by atoms with E-state index in [0.717, 1.165) is 18.7 Å². The molecule has 0 aliphatic carbocycles. The van der Waals surface area contributed by atoms with E-state index < -0.39 is 0 Å². The van der Waals surface area contributed by atoms with Gasteiger partial charge in [-0.25, -0.2) is 0 Å². The van der Waals surface area contributed by atoms with Crippen molar-refractivity contribution < 1.29 is 0 Å². The van der Waals surface area contributed by atoms with E-state index in [1.54, 1.807) is 0 Å². The number of benzene rings is 2. The Morgan fingerprint density at radius 3 is 2.60 bits per heavy atom. The zero-order valence-corrected chi connectivity index (χ0v) is 12.8. The molecule has 0 amide bonds. The maximum absolute atomic E-state index is 5.31. The molecule has 0 saturated carbocycles. The van der Waals surface area contributed by atoms with Crippen LogP contribution in [0.2, 0.25) is 0 Å². The van der Waals surface area contributed by atoms with Crippen molar-refractivity contribution in [2.45, 2.75) is 20.3 Å². The van der Waals surface area contributed by atoms with E-state index in [4.69, 9.17) is 12.2 Å². The maximum Gasteiger partial charge on any atom is 0.170 e. The molecule has 0 saturated heterocycles. The molecule has 104 valence electrons.